The van der Waals surface area contributed by atoms with Crippen LogP contribution < -0.4 is 4.72 Å². The summed E-state index contributed by atoms with van der Waals surface area (Å²) in [6.07, 6.45) is 10.8. The van der Waals surface area contributed by atoms with Gasteiger partial charge in [-0.1, -0.05) is 18.2 Å². The number of nitrogens with zero attached hydrogens (tertiary/aromatic N) is 2. The quantitative estimate of drug-likeness (QED) is 0.311. The second kappa shape index (κ2) is 10.8. The summed E-state index contributed by atoms with van der Waals surface area (Å²) in [5.41, 5.74) is 8.45. The van der Waals surface area contributed by atoms with Gasteiger partial charge in [-0.15, -0.1) is 0 Å². The van der Waals surface area contributed by atoms with Gasteiger partial charge in [0.05, 0.1) is 10.6 Å². The van der Waals surface area contributed by atoms with E-state index in [1.54, 1.807) is 36.7 Å². The zero-order chi connectivity index (χ0) is 26.7. The molecule has 8 heteroatoms. The normalized spacial score (nSPS) is 14.4. The van der Waals surface area contributed by atoms with Crippen LogP contribution in [0.5, 0.6) is 0 Å². The number of halogens is 1. The Morgan fingerprint density at radius 2 is 1.74 bits per heavy atom. The highest BCUT2D eigenvalue weighted by atomic mass is 32.2. The summed E-state index contributed by atoms with van der Waals surface area (Å²) in [5, 5.41) is 0. The average Bonchev–Trinajstić information content (AvgIpc) is 3.39. The molecule has 0 unspecified atom stereocenters. The van der Waals surface area contributed by atoms with E-state index in [1.165, 1.54) is 24.8 Å². The first kappa shape index (κ1) is 25.6. The Morgan fingerprint density at radius 1 is 1.03 bits per heavy atom. The highest BCUT2D eigenvalue weighted by Crippen LogP contribution is 2.39. The zero-order valence-electron chi connectivity index (χ0n) is 21.3. The maximum atomic E-state index is 13.6. The van der Waals surface area contributed by atoms with Crippen LogP contribution in [0.1, 0.15) is 24.5 Å². The predicted octanol–water partition coefficient (Wildman–Crippen LogP) is 5.94. The van der Waals surface area contributed by atoms with Gasteiger partial charge in [0.15, 0.2) is 0 Å². The van der Waals surface area contributed by atoms with E-state index in [-0.39, 0.29) is 10.7 Å². The number of hydrogen-bond acceptors (Lipinski definition) is 4. The molecule has 3 heterocycles. The predicted molar refractivity (Wildman–Crippen MR) is 150 cm³/mol. The molecule has 0 aliphatic carbocycles. The maximum absolute atomic E-state index is 13.6. The van der Waals surface area contributed by atoms with Crippen molar-refractivity contribution >= 4 is 21.2 Å². The lowest BCUT2D eigenvalue weighted by molar-refractivity contribution is 0.415. The van der Waals surface area contributed by atoms with E-state index in [0.717, 1.165) is 58.6 Å². The van der Waals surface area contributed by atoms with Crippen molar-refractivity contribution in [2.24, 2.45) is 0 Å². The molecule has 0 radical (unpaired) electrons. The van der Waals surface area contributed by atoms with Crippen LogP contribution in [0.3, 0.4) is 0 Å². The standard InChI is InChI=1S/C30H29FN4O2S/c1-21(22-5-9-27(10-6-22)38(36,37)32-2)20-35-17-13-23(14-18-35)28-19-34-30(25-3-7-26(31)8-4-25)29(28)24-11-15-33-16-12-24/h3-13,15-16,19-20,32,34H,14,17-18H2,1-2H3. The van der Waals surface area contributed by atoms with E-state index < -0.39 is 10.0 Å². The largest absolute Gasteiger partial charge is 0.373 e. The van der Waals surface area contributed by atoms with Crippen molar-refractivity contribution in [3.63, 3.8) is 0 Å². The molecule has 1 aliphatic heterocycles. The second-order valence-corrected chi connectivity index (χ2v) is 11.1. The van der Waals surface area contributed by atoms with E-state index in [2.05, 4.69) is 31.9 Å². The van der Waals surface area contributed by atoms with Crippen molar-refractivity contribution in [1.82, 2.24) is 19.6 Å². The molecule has 38 heavy (non-hydrogen) atoms. The fourth-order valence-corrected chi connectivity index (χ4v) is 5.48. The molecule has 194 valence electrons. The van der Waals surface area contributed by atoms with E-state index in [9.17, 15) is 12.8 Å². The summed E-state index contributed by atoms with van der Waals surface area (Å²) in [6.45, 7) is 3.64. The van der Waals surface area contributed by atoms with Crippen molar-refractivity contribution in [3.05, 3.63) is 108 Å². The minimum Gasteiger partial charge on any atom is -0.373 e. The van der Waals surface area contributed by atoms with Gasteiger partial charge in [-0.2, -0.15) is 0 Å². The van der Waals surface area contributed by atoms with Gasteiger partial charge in [0.25, 0.3) is 0 Å². The highest BCUT2D eigenvalue weighted by molar-refractivity contribution is 7.89. The number of sulfonamides is 1. The lowest BCUT2D eigenvalue weighted by atomic mass is 9.92. The Morgan fingerprint density at radius 3 is 2.37 bits per heavy atom. The Bertz CT molecular complexity index is 1590. The Balaban J connectivity index is 1.40. The number of benzene rings is 2. The van der Waals surface area contributed by atoms with Crippen LogP contribution in [0.2, 0.25) is 0 Å². The Hall–Kier alpha value is -4.01. The van der Waals surface area contributed by atoms with E-state index in [0.29, 0.717) is 0 Å². The SMILES string of the molecule is CNS(=O)(=O)c1ccc(C(C)=CN2CC=C(c3c[nH]c(-c4ccc(F)cc4)c3-c3ccncc3)CC2)cc1. The third kappa shape index (κ3) is 5.32. The fraction of sp³-hybridized carbons (Fsp3) is 0.167. The third-order valence-electron chi connectivity index (χ3n) is 6.83. The summed E-state index contributed by atoms with van der Waals surface area (Å²) in [5.74, 6) is -0.261. The molecular weight excluding hydrogens is 499 g/mol. The molecule has 1 aliphatic rings. The number of nitrogens with one attached hydrogen (secondary N) is 2. The number of rotatable bonds is 7. The van der Waals surface area contributed by atoms with Gasteiger partial charge in [-0.3, -0.25) is 4.98 Å². The van der Waals surface area contributed by atoms with Gasteiger partial charge in [-0.25, -0.2) is 17.5 Å². The van der Waals surface area contributed by atoms with Gasteiger partial charge in [0.1, 0.15) is 5.82 Å². The third-order valence-corrected chi connectivity index (χ3v) is 8.26. The van der Waals surface area contributed by atoms with E-state index >= 15 is 0 Å². The van der Waals surface area contributed by atoms with Crippen LogP contribution in [0.15, 0.2) is 96.4 Å². The van der Waals surface area contributed by atoms with E-state index in [1.807, 2.05) is 37.4 Å². The van der Waals surface area contributed by atoms with Gasteiger partial charge in [0, 0.05) is 49.0 Å². The molecule has 5 rings (SSSR count). The highest BCUT2D eigenvalue weighted by Gasteiger charge is 2.20. The van der Waals surface area contributed by atoms with Crippen LogP contribution in [0.25, 0.3) is 33.5 Å². The maximum Gasteiger partial charge on any atom is 0.240 e. The van der Waals surface area contributed by atoms with Crippen molar-refractivity contribution in [2.75, 3.05) is 20.1 Å². The van der Waals surface area contributed by atoms with Crippen LogP contribution in [-0.2, 0) is 10.0 Å². The first-order valence-corrected chi connectivity index (χ1v) is 13.9. The number of aromatic amines is 1. The minimum absolute atomic E-state index is 0.249. The Kier molecular flexibility index (Phi) is 7.26. The molecule has 4 aromatic rings. The second-order valence-electron chi connectivity index (χ2n) is 9.21. The van der Waals surface area contributed by atoms with Crippen LogP contribution in [0.4, 0.5) is 4.39 Å². The monoisotopic (exact) mass is 528 g/mol. The van der Waals surface area contributed by atoms with Gasteiger partial charge >= 0.3 is 0 Å². The summed E-state index contributed by atoms with van der Waals surface area (Å²) >= 11 is 0. The first-order chi connectivity index (χ1) is 18.4. The number of H-pyrrole nitrogens is 1. The van der Waals surface area contributed by atoms with Crippen LogP contribution >= 0.6 is 0 Å². The fourth-order valence-electron chi connectivity index (χ4n) is 4.75. The lowest BCUT2D eigenvalue weighted by Gasteiger charge is -2.26. The van der Waals surface area contributed by atoms with Crippen molar-refractivity contribution in [3.8, 4) is 22.4 Å². The Labute approximate surface area is 222 Å². The van der Waals surface area contributed by atoms with Crippen molar-refractivity contribution < 1.29 is 12.8 Å². The molecule has 2 aromatic heterocycles. The van der Waals surface area contributed by atoms with Crippen molar-refractivity contribution in [1.29, 1.82) is 0 Å². The molecule has 2 N–H and O–H groups in total. The smallest absolute Gasteiger partial charge is 0.240 e. The minimum atomic E-state index is -3.45. The van der Waals surface area contributed by atoms with Crippen molar-refractivity contribution in [2.45, 2.75) is 18.2 Å². The van der Waals surface area contributed by atoms with Gasteiger partial charge < -0.3 is 9.88 Å². The molecule has 0 atom stereocenters. The number of pyridine rings is 1. The van der Waals surface area contributed by atoms with Crippen LogP contribution in [-0.4, -0.2) is 43.4 Å². The summed E-state index contributed by atoms with van der Waals surface area (Å²) in [4.78, 5) is 10.1. The molecular formula is C30H29FN4O2S. The number of hydrogen-bond donors (Lipinski definition) is 2. The van der Waals surface area contributed by atoms with Gasteiger partial charge in [-0.05, 0) is 96.8 Å². The summed E-state index contributed by atoms with van der Waals surface area (Å²) in [7, 11) is -2.05. The molecule has 0 spiro atoms. The molecule has 6 nitrogen and oxygen atoms in total. The number of aromatic nitrogens is 2. The van der Waals surface area contributed by atoms with Crippen LogP contribution in [0, 0.1) is 5.82 Å². The molecule has 0 fully saturated rings. The topological polar surface area (TPSA) is 78.1 Å². The van der Waals surface area contributed by atoms with E-state index in [4.69, 9.17) is 0 Å². The molecule has 0 saturated carbocycles. The summed E-state index contributed by atoms with van der Waals surface area (Å²) in [6, 6.07) is 17.4. The number of allylic oxidation sites excluding steroid dienone is 1. The van der Waals surface area contributed by atoms with Gasteiger partial charge in [0.2, 0.25) is 10.0 Å². The zero-order valence-corrected chi connectivity index (χ0v) is 22.1. The summed E-state index contributed by atoms with van der Waals surface area (Å²) < 4.78 is 39.9. The average molecular weight is 529 g/mol. The first-order valence-electron chi connectivity index (χ1n) is 12.4. The molecule has 0 bridgehead atoms. The molecule has 0 amide bonds. The lowest BCUT2D eigenvalue weighted by Crippen LogP contribution is -2.23. The molecule has 2 aromatic carbocycles. The molecule has 0 saturated heterocycles.